The molecule has 3 rings (SSSR count). The third kappa shape index (κ3) is 6.38. The van der Waals surface area contributed by atoms with Gasteiger partial charge in [-0.1, -0.05) is 61.7 Å². The second-order valence-corrected chi connectivity index (χ2v) is 8.79. The number of amides is 3. The fourth-order valence-electron chi connectivity index (χ4n) is 4.21. The Balaban J connectivity index is 1.92. The average molecular weight is 476 g/mol. The predicted molar refractivity (Wildman–Crippen MR) is 140 cm³/mol. The number of methoxy groups -OCH3 is 1. The highest BCUT2D eigenvalue weighted by Gasteiger charge is 2.24. The number of anilines is 2. The van der Waals surface area contributed by atoms with Gasteiger partial charge in [0.15, 0.2) is 0 Å². The molecule has 0 saturated carbocycles. The molecule has 0 spiro atoms. The van der Waals surface area contributed by atoms with Crippen LogP contribution in [-0.4, -0.2) is 31.1 Å². The van der Waals surface area contributed by atoms with Crippen molar-refractivity contribution < 1.29 is 19.1 Å². The molecule has 0 aliphatic carbocycles. The normalized spacial score (nSPS) is 11.6. The summed E-state index contributed by atoms with van der Waals surface area (Å²) < 4.78 is 4.87. The second kappa shape index (κ2) is 11.5. The molecule has 3 aromatic carbocycles. The summed E-state index contributed by atoms with van der Waals surface area (Å²) in [4.78, 5) is 38.5. The summed E-state index contributed by atoms with van der Waals surface area (Å²) in [5, 5.41) is 10.2. The summed E-state index contributed by atoms with van der Waals surface area (Å²) in [6.45, 7) is 7.89. The number of aryl methyl sites for hydroxylation is 3. The number of hydrogen-bond donors (Lipinski definition) is 3. The lowest BCUT2D eigenvalue weighted by Gasteiger charge is -2.19. The molecule has 0 aromatic heterocycles. The first-order valence-corrected chi connectivity index (χ1v) is 11.8. The Labute approximate surface area is 206 Å². The lowest BCUT2D eigenvalue weighted by atomic mass is 10.0. The van der Waals surface area contributed by atoms with Crippen LogP contribution in [0.4, 0.5) is 16.2 Å². The zero-order valence-electron chi connectivity index (χ0n) is 21.0. The third-order valence-electron chi connectivity index (χ3n) is 5.93. The van der Waals surface area contributed by atoms with Crippen molar-refractivity contribution in [2.24, 2.45) is 0 Å². The van der Waals surface area contributed by atoms with Crippen LogP contribution in [0.1, 0.15) is 53.2 Å². The summed E-state index contributed by atoms with van der Waals surface area (Å²) in [6, 6.07) is 13.8. The molecule has 0 bridgehead atoms. The number of carbonyl (C=O) groups is 3. The molecule has 0 unspecified atom stereocenters. The number of hydrogen-bond acceptors (Lipinski definition) is 4. The van der Waals surface area contributed by atoms with E-state index in [1.807, 2.05) is 64.1 Å². The van der Waals surface area contributed by atoms with Gasteiger partial charge in [0.2, 0.25) is 0 Å². The number of ether oxygens (including phenoxy) is 1. The Morgan fingerprint density at radius 2 is 1.54 bits per heavy atom. The van der Waals surface area contributed by atoms with Gasteiger partial charge in [0.1, 0.15) is 6.04 Å². The van der Waals surface area contributed by atoms with Gasteiger partial charge in [-0.15, -0.1) is 0 Å². The Morgan fingerprint density at radius 1 is 0.914 bits per heavy atom. The minimum absolute atomic E-state index is 0.265. The van der Waals surface area contributed by atoms with Crippen molar-refractivity contribution in [2.45, 2.75) is 53.0 Å². The molecule has 35 heavy (non-hydrogen) atoms. The van der Waals surface area contributed by atoms with Crippen molar-refractivity contribution in [3.05, 3.63) is 70.8 Å². The fourth-order valence-corrected chi connectivity index (χ4v) is 4.21. The van der Waals surface area contributed by atoms with Gasteiger partial charge in [-0.2, -0.15) is 0 Å². The Morgan fingerprint density at radius 3 is 2.14 bits per heavy atom. The highest BCUT2D eigenvalue weighted by Crippen LogP contribution is 2.26. The first-order valence-electron chi connectivity index (χ1n) is 11.8. The molecule has 0 aliphatic heterocycles. The van der Waals surface area contributed by atoms with Crippen molar-refractivity contribution in [3.63, 3.8) is 0 Å². The lowest BCUT2D eigenvalue weighted by molar-refractivity contribution is -0.143. The second-order valence-electron chi connectivity index (χ2n) is 8.79. The number of rotatable bonds is 8. The number of nitrogens with one attached hydrogen (secondary N) is 3. The zero-order chi connectivity index (χ0) is 25.5. The largest absolute Gasteiger partial charge is 0.467 e. The van der Waals surface area contributed by atoms with Crippen molar-refractivity contribution in [1.29, 1.82) is 0 Å². The van der Waals surface area contributed by atoms with Crippen LogP contribution in [0.2, 0.25) is 0 Å². The van der Waals surface area contributed by atoms with E-state index >= 15 is 0 Å². The van der Waals surface area contributed by atoms with Gasteiger partial charge in [-0.3, -0.25) is 4.79 Å². The standard InChI is InChI=1S/C28H33N3O4/c1-6-7-12-23(27(33)35-5)29-26(32)22-15-20-10-8-9-11-21(20)16-24(22)30-28(34)31-25-18(3)13-17(2)14-19(25)4/h8-11,13-16,23H,6-7,12H2,1-5H3,(H,29,32)(H2,30,31,34)/t23-/m0/s1. The molecule has 7 nitrogen and oxygen atoms in total. The average Bonchev–Trinajstić information content (AvgIpc) is 2.82. The minimum Gasteiger partial charge on any atom is -0.467 e. The molecular weight excluding hydrogens is 442 g/mol. The number of unbranched alkanes of at least 4 members (excludes halogenated alkanes) is 1. The van der Waals surface area contributed by atoms with E-state index in [1.165, 1.54) is 7.11 Å². The molecule has 3 aromatic rings. The van der Waals surface area contributed by atoms with Crippen LogP contribution in [0.25, 0.3) is 10.8 Å². The van der Waals surface area contributed by atoms with E-state index < -0.39 is 23.9 Å². The molecule has 0 radical (unpaired) electrons. The van der Waals surface area contributed by atoms with Crippen LogP contribution in [0.3, 0.4) is 0 Å². The summed E-state index contributed by atoms with van der Waals surface area (Å²) in [5.41, 5.74) is 4.35. The Hall–Kier alpha value is -3.87. The quantitative estimate of drug-likeness (QED) is 0.355. The van der Waals surface area contributed by atoms with Crippen molar-refractivity contribution in [1.82, 2.24) is 5.32 Å². The van der Waals surface area contributed by atoms with E-state index in [0.29, 0.717) is 12.1 Å². The van der Waals surface area contributed by atoms with E-state index in [9.17, 15) is 14.4 Å². The van der Waals surface area contributed by atoms with Crippen LogP contribution in [0.15, 0.2) is 48.5 Å². The first-order chi connectivity index (χ1) is 16.7. The van der Waals surface area contributed by atoms with Crippen LogP contribution < -0.4 is 16.0 Å². The summed E-state index contributed by atoms with van der Waals surface area (Å²) >= 11 is 0. The monoisotopic (exact) mass is 475 g/mol. The van der Waals surface area contributed by atoms with Gasteiger partial charge in [0, 0.05) is 5.69 Å². The van der Waals surface area contributed by atoms with E-state index in [1.54, 1.807) is 12.1 Å². The summed E-state index contributed by atoms with van der Waals surface area (Å²) in [7, 11) is 1.30. The number of fused-ring (bicyclic) bond motifs is 1. The zero-order valence-corrected chi connectivity index (χ0v) is 21.0. The number of urea groups is 1. The fraction of sp³-hybridized carbons (Fsp3) is 0.321. The van der Waals surface area contributed by atoms with Gasteiger partial charge < -0.3 is 20.7 Å². The Kier molecular flexibility index (Phi) is 8.47. The molecule has 3 N–H and O–H groups in total. The van der Waals surface area contributed by atoms with Gasteiger partial charge in [-0.25, -0.2) is 9.59 Å². The molecule has 0 heterocycles. The molecule has 0 aliphatic rings. The molecular formula is C28H33N3O4. The number of benzene rings is 3. The summed E-state index contributed by atoms with van der Waals surface area (Å²) in [5.74, 6) is -0.953. The van der Waals surface area contributed by atoms with Crippen LogP contribution >= 0.6 is 0 Å². The summed E-state index contributed by atoms with van der Waals surface area (Å²) in [6.07, 6.45) is 2.11. The molecule has 7 heteroatoms. The van der Waals surface area contributed by atoms with Gasteiger partial charge in [0.25, 0.3) is 5.91 Å². The van der Waals surface area contributed by atoms with Crippen LogP contribution in [-0.2, 0) is 9.53 Å². The smallest absolute Gasteiger partial charge is 0.328 e. The predicted octanol–water partition coefficient (Wildman–Crippen LogP) is 5.87. The molecule has 1 atom stereocenters. The highest BCUT2D eigenvalue weighted by molar-refractivity contribution is 6.10. The van der Waals surface area contributed by atoms with Crippen molar-refractivity contribution in [2.75, 3.05) is 17.7 Å². The molecule has 3 amide bonds. The van der Waals surface area contributed by atoms with Crippen LogP contribution in [0, 0.1) is 20.8 Å². The topological polar surface area (TPSA) is 96.5 Å². The molecule has 184 valence electrons. The highest BCUT2D eigenvalue weighted by atomic mass is 16.5. The van der Waals surface area contributed by atoms with Gasteiger partial charge in [0.05, 0.1) is 18.4 Å². The first kappa shape index (κ1) is 25.7. The number of esters is 1. The van der Waals surface area contributed by atoms with E-state index in [2.05, 4.69) is 16.0 Å². The van der Waals surface area contributed by atoms with E-state index in [0.717, 1.165) is 46.0 Å². The SMILES string of the molecule is CCCC[C@H](NC(=O)c1cc2ccccc2cc1NC(=O)Nc1c(C)cc(C)cc1C)C(=O)OC. The van der Waals surface area contributed by atoms with Gasteiger partial charge in [-0.05, 0) is 61.2 Å². The van der Waals surface area contributed by atoms with Crippen molar-refractivity contribution in [3.8, 4) is 0 Å². The van der Waals surface area contributed by atoms with Crippen LogP contribution in [0.5, 0.6) is 0 Å². The van der Waals surface area contributed by atoms with E-state index in [4.69, 9.17) is 4.74 Å². The lowest BCUT2D eigenvalue weighted by Crippen LogP contribution is -2.41. The van der Waals surface area contributed by atoms with Crippen molar-refractivity contribution >= 4 is 40.1 Å². The maximum atomic E-state index is 13.3. The maximum absolute atomic E-state index is 13.3. The maximum Gasteiger partial charge on any atom is 0.328 e. The molecule has 0 fully saturated rings. The molecule has 0 saturated heterocycles. The third-order valence-corrected chi connectivity index (χ3v) is 5.93. The minimum atomic E-state index is -0.765. The van der Waals surface area contributed by atoms with Gasteiger partial charge >= 0.3 is 12.0 Å². The van der Waals surface area contributed by atoms with E-state index in [-0.39, 0.29) is 5.56 Å². The number of carbonyl (C=O) groups excluding carboxylic acids is 3. The Bertz CT molecular complexity index is 1230.